The Labute approximate surface area is 244 Å². The van der Waals surface area contributed by atoms with Crippen molar-refractivity contribution in [2.24, 2.45) is 0 Å². The van der Waals surface area contributed by atoms with Crippen LogP contribution < -0.4 is 10.6 Å². The number of anilines is 2. The normalized spacial score (nSPS) is 11.2. The minimum Gasteiger partial charge on any atom is -0.448 e. The summed E-state index contributed by atoms with van der Waals surface area (Å²) in [5.41, 5.74) is 1.22. The molecule has 0 aromatic heterocycles. The van der Waals surface area contributed by atoms with Crippen molar-refractivity contribution in [3.63, 3.8) is 0 Å². The summed E-state index contributed by atoms with van der Waals surface area (Å²) in [6.07, 6.45) is 14.4. The van der Waals surface area contributed by atoms with Gasteiger partial charge in [0.2, 0.25) is 0 Å². The number of nitrogens with one attached hydrogen (secondary N) is 2. The van der Waals surface area contributed by atoms with Crippen molar-refractivity contribution in [1.29, 1.82) is 0 Å². The van der Waals surface area contributed by atoms with Gasteiger partial charge in [-0.2, -0.15) is 0 Å². The molecule has 0 saturated carbocycles. The summed E-state index contributed by atoms with van der Waals surface area (Å²) in [4.78, 5) is 29.0. The molecule has 1 aromatic carbocycles. The van der Waals surface area contributed by atoms with Gasteiger partial charge in [0.05, 0.1) is 0 Å². The zero-order valence-electron chi connectivity index (χ0n) is 26.0. The van der Waals surface area contributed by atoms with Gasteiger partial charge in [0.15, 0.2) is 0 Å². The summed E-state index contributed by atoms with van der Waals surface area (Å²) in [6.45, 7) is 14.9. The Morgan fingerprint density at radius 2 is 0.900 bits per heavy atom. The van der Waals surface area contributed by atoms with Gasteiger partial charge in [-0.1, -0.05) is 91.9 Å². The third-order valence-electron chi connectivity index (χ3n) is 7.21. The summed E-state index contributed by atoms with van der Waals surface area (Å²) >= 11 is 0. The van der Waals surface area contributed by atoms with E-state index < -0.39 is 12.2 Å². The summed E-state index contributed by atoms with van der Waals surface area (Å²) in [5, 5.41) is 5.48. The molecule has 0 aliphatic carbocycles. The van der Waals surface area contributed by atoms with Crippen molar-refractivity contribution in [1.82, 2.24) is 9.80 Å². The van der Waals surface area contributed by atoms with E-state index in [9.17, 15) is 9.59 Å². The zero-order valence-corrected chi connectivity index (χ0v) is 26.0. The van der Waals surface area contributed by atoms with Crippen LogP contribution in [0.25, 0.3) is 0 Å². The van der Waals surface area contributed by atoms with Gasteiger partial charge in [0.1, 0.15) is 13.2 Å². The maximum absolute atomic E-state index is 12.2. The fraction of sp³-hybridized carbons (Fsp3) is 0.750. The number of likely N-dealkylation sites (N-methyl/N-ethyl adjacent to an activating group) is 2. The van der Waals surface area contributed by atoms with Crippen molar-refractivity contribution in [3.8, 4) is 0 Å². The average Bonchev–Trinajstić information content (AvgIpc) is 2.95. The van der Waals surface area contributed by atoms with Gasteiger partial charge >= 0.3 is 12.2 Å². The average molecular weight is 563 g/mol. The summed E-state index contributed by atoms with van der Waals surface area (Å²) in [6, 6.07) is 6.92. The lowest BCUT2D eigenvalue weighted by molar-refractivity contribution is 0.139. The smallest absolute Gasteiger partial charge is 0.411 e. The first-order chi connectivity index (χ1) is 19.5. The topological polar surface area (TPSA) is 83.1 Å². The molecule has 1 rings (SSSR count). The lowest BCUT2D eigenvalue weighted by atomic mass is 10.1. The van der Waals surface area contributed by atoms with Gasteiger partial charge in [-0.3, -0.25) is 10.6 Å². The molecule has 0 radical (unpaired) electrons. The second kappa shape index (κ2) is 24.5. The third-order valence-corrected chi connectivity index (χ3v) is 7.21. The molecule has 8 heteroatoms. The molecule has 0 heterocycles. The van der Waals surface area contributed by atoms with Gasteiger partial charge in [-0.15, -0.1) is 0 Å². The van der Waals surface area contributed by atoms with Crippen LogP contribution in [-0.2, 0) is 9.47 Å². The highest BCUT2D eigenvalue weighted by Crippen LogP contribution is 2.14. The van der Waals surface area contributed by atoms with Crippen LogP contribution in [0.4, 0.5) is 21.0 Å². The predicted molar refractivity (Wildman–Crippen MR) is 167 cm³/mol. The van der Waals surface area contributed by atoms with E-state index >= 15 is 0 Å². The first-order valence-electron chi connectivity index (χ1n) is 15.9. The molecular formula is C32H58N4O4. The van der Waals surface area contributed by atoms with Crippen molar-refractivity contribution < 1.29 is 19.1 Å². The fourth-order valence-corrected chi connectivity index (χ4v) is 4.57. The Morgan fingerprint density at radius 1 is 0.550 bits per heavy atom. The fourth-order valence-electron chi connectivity index (χ4n) is 4.57. The van der Waals surface area contributed by atoms with Gasteiger partial charge < -0.3 is 19.3 Å². The molecule has 0 aliphatic rings. The Hall–Kier alpha value is -2.32. The maximum Gasteiger partial charge on any atom is 0.411 e. The van der Waals surface area contributed by atoms with E-state index in [2.05, 4.69) is 48.1 Å². The van der Waals surface area contributed by atoms with Crippen molar-refractivity contribution in [2.75, 3.05) is 63.1 Å². The molecule has 0 spiro atoms. The third kappa shape index (κ3) is 18.9. The molecule has 1 aromatic rings. The maximum atomic E-state index is 12.2. The Balaban J connectivity index is 2.21. The number of ether oxygens (including phenoxy) is 2. The van der Waals surface area contributed by atoms with E-state index in [1.165, 1.54) is 77.0 Å². The highest BCUT2D eigenvalue weighted by molar-refractivity contribution is 5.87. The molecule has 2 amide bonds. The molecular weight excluding hydrogens is 504 g/mol. The number of hydrogen-bond donors (Lipinski definition) is 2. The van der Waals surface area contributed by atoms with Crippen molar-refractivity contribution in [2.45, 2.75) is 105 Å². The van der Waals surface area contributed by atoms with Crippen molar-refractivity contribution in [3.05, 3.63) is 24.3 Å². The van der Waals surface area contributed by atoms with E-state index in [1.807, 2.05) is 0 Å². The minimum absolute atomic E-state index is 0.357. The molecule has 8 nitrogen and oxygen atoms in total. The summed E-state index contributed by atoms with van der Waals surface area (Å²) in [7, 11) is 0. The lowest BCUT2D eigenvalue weighted by Gasteiger charge is -2.20. The first-order valence-corrected chi connectivity index (χ1v) is 15.9. The molecule has 0 aliphatic heterocycles. The highest BCUT2D eigenvalue weighted by atomic mass is 16.6. The Bertz CT molecular complexity index is 697. The largest absolute Gasteiger partial charge is 0.448 e. The summed E-state index contributed by atoms with van der Waals surface area (Å²) < 4.78 is 10.7. The highest BCUT2D eigenvalue weighted by Gasteiger charge is 2.09. The molecule has 0 unspecified atom stereocenters. The Morgan fingerprint density at radius 3 is 1.25 bits per heavy atom. The number of nitrogens with zero attached hydrogens (tertiary/aromatic N) is 2. The second-order valence-electron chi connectivity index (χ2n) is 10.5. The van der Waals surface area contributed by atoms with Crippen LogP contribution in [0, 0.1) is 0 Å². The van der Waals surface area contributed by atoms with Gasteiger partial charge in [-0.25, -0.2) is 9.59 Å². The number of rotatable bonds is 24. The standard InChI is InChI=1S/C32H58N4O4/c1-5-9-11-13-15-17-23-35(7-3)25-27-39-31(37)33-29-19-21-30(22-20-29)34-32(38)40-28-26-36(8-4)24-18-16-14-12-10-6-2/h19-22H,5-18,23-28H2,1-4H3,(H,33,37)(H,34,38). The Kier molecular flexibility index (Phi) is 21.8. The van der Waals surface area contributed by atoms with Gasteiger partial charge in [0, 0.05) is 24.5 Å². The van der Waals surface area contributed by atoms with Crippen LogP contribution in [0.2, 0.25) is 0 Å². The van der Waals surface area contributed by atoms with Crippen LogP contribution in [0.5, 0.6) is 0 Å². The van der Waals surface area contributed by atoms with Crippen molar-refractivity contribution >= 4 is 23.6 Å². The SMILES string of the molecule is CCCCCCCCN(CC)CCOC(=O)Nc1ccc(NC(=O)OCCN(CC)CCCCCCCC)cc1. The van der Waals surface area contributed by atoms with Gasteiger partial charge in [-0.05, 0) is 63.3 Å². The minimum atomic E-state index is -0.475. The molecule has 0 saturated heterocycles. The van der Waals surface area contributed by atoms with E-state index in [1.54, 1.807) is 24.3 Å². The van der Waals surface area contributed by atoms with Crippen LogP contribution in [0.1, 0.15) is 105 Å². The van der Waals surface area contributed by atoms with Crippen LogP contribution >= 0.6 is 0 Å². The number of hydrogen-bond acceptors (Lipinski definition) is 6. The van der Waals surface area contributed by atoms with E-state index in [0.717, 1.165) is 39.3 Å². The van der Waals surface area contributed by atoms with E-state index in [0.29, 0.717) is 24.6 Å². The number of unbranched alkanes of at least 4 members (excludes halogenated alkanes) is 10. The van der Waals surface area contributed by atoms with Crippen LogP contribution in [0.3, 0.4) is 0 Å². The number of carbonyl (C=O) groups is 2. The van der Waals surface area contributed by atoms with Crippen LogP contribution in [0.15, 0.2) is 24.3 Å². The molecule has 230 valence electrons. The number of benzene rings is 1. The number of carbonyl (C=O) groups excluding carboxylic acids is 2. The lowest BCUT2D eigenvalue weighted by Crippen LogP contribution is -2.30. The molecule has 0 atom stereocenters. The molecule has 40 heavy (non-hydrogen) atoms. The molecule has 0 bridgehead atoms. The quantitative estimate of drug-likeness (QED) is 0.124. The number of amides is 2. The molecule has 2 N–H and O–H groups in total. The second-order valence-corrected chi connectivity index (χ2v) is 10.5. The summed E-state index contributed by atoms with van der Waals surface area (Å²) in [5.74, 6) is 0. The predicted octanol–water partition coefficient (Wildman–Crippen LogP) is 8.15. The van der Waals surface area contributed by atoms with E-state index in [4.69, 9.17) is 9.47 Å². The molecule has 0 fully saturated rings. The monoisotopic (exact) mass is 562 g/mol. The van der Waals surface area contributed by atoms with Crippen LogP contribution in [-0.4, -0.2) is 74.5 Å². The van der Waals surface area contributed by atoms with Gasteiger partial charge in [0.25, 0.3) is 0 Å². The van der Waals surface area contributed by atoms with E-state index in [-0.39, 0.29) is 0 Å². The zero-order chi connectivity index (χ0) is 29.3. The first kappa shape index (κ1) is 35.7.